The Balaban J connectivity index is 1.44. The molecule has 4 rings (SSSR count). The lowest BCUT2D eigenvalue weighted by Gasteiger charge is -2.38. The van der Waals surface area contributed by atoms with E-state index in [4.69, 9.17) is 16.3 Å². The van der Waals surface area contributed by atoms with Gasteiger partial charge in [-0.3, -0.25) is 9.52 Å². The Bertz CT molecular complexity index is 1170. The predicted molar refractivity (Wildman–Crippen MR) is 127 cm³/mol. The third-order valence-electron chi connectivity index (χ3n) is 5.63. The number of hydrogen-bond donors (Lipinski definition) is 2. The number of nitrogens with one attached hydrogen (secondary N) is 2. The lowest BCUT2D eigenvalue weighted by Crippen LogP contribution is -2.44. The quantitative estimate of drug-likeness (QED) is 0.503. The van der Waals surface area contributed by atoms with Crippen LogP contribution in [-0.4, -0.2) is 34.1 Å². The summed E-state index contributed by atoms with van der Waals surface area (Å²) in [5.41, 5.74) is 1.70. The molecular weight excluding hydrogens is 468 g/mol. The minimum atomic E-state index is -3.62. The summed E-state index contributed by atoms with van der Waals surface area (Å²) in [6.45, 7) is 1.71. The van der Waals surface area contributed by atoms with E-state index in [1.54, 1.807) is 41.8 Å². The van der Waals surface area contributed by atoms with Gasteiger partial charge in [0.2, 0.25) is 0 Å². The Labute approximate surface area is 196 Å². The van der Waals surface area contributed by atoms with Gasteiger partial charge < -0.3 is 10.1 Å². The Morgan fingerprint density at radius 1 is 1.06 bits per heavy atom. The van der Waals surface area contributed by atoms with Gasteiger partial charge in [0.15, 0.2) is 0 Å². The second-order valence-corrected chi connectivity index (χ2v) is 11.0. The van der Waals surface area contributed by atoms with Crippen LogP contribution in [0.25, 0.3) is 0 Å². The molecule has 168 valence electrons. The fourth-order valence-corrected chi connectivity index (χ4v) is 6.05. The van der Waals surface area contributed by atoms with Crippen LogP contribution in [0.15, 0.2) is 70.3 Å². The van der Waals surface area contributed by atoms with Crippen LogP contribution in [0, 0.1) is 0 Å². The van der Waals surface area contributed by atoms with Crippen molar-refractivity contribution in [3.05, 3.63) is 82.2 Å². The van der Waals surface area contributed by atoms with Crippen LogP contribution in [0.2, 0.25) is 5.02 Å². The number of halogens is 1. The van der Waals surface area contributed by atoms with Crippen LogP contribution in [0.5, 0.6) is 0 Å². The van der Waals surface area contributed by atoms with E-state index in [-0.39, 0.29) is 15.5 Å². The number of amides is 1. The van der Waals surface area contributed by atoms with Crippen LogP contribution < -0.4 is 10.0 Å². The minimum absolute atomic E-state index is 0.217. The summed E-state index contributed by atoms with van der Waals surface area (Å²) in [5, 5.41) is 5.41. The van der Waals surface area contributed by atoms with Crippen molar-refractivity contribution in [1.82, 2.24) is 5.32 Å². The summed E-state index contributed by atoms with van der Waals surface area (Å²) >= 11 is 7.36. The van der Waals surface area contributed by atoms with Gasteiger partial charge in [-0.25, -0.2) is 8.42 Å². The molecule has 0 saturated carbocycles. The number of rotatable bonds is 7. The summed E-state index contributed by atoms with van der Waals surface area (Å²) in [6, 6.07) is 17.4. The first-order valence-corrected chi connectivity index (χ1v) is 12.9. The smallest absolute Gasteiger partial charge is 0.271 e. The standard InChI is InChI=1S/C23H23ClN2O4S2/c24-19-4-1-3-18(15-19)23(10-12-30-13-11-23)16-25-22(27)17-6-8-20(9-7-17)26-32(28,29)21-5-2-14-31-21/h1-9,14-15,26H,10-13,16H2,(H,25,27). The highest BCUT2D eigenvalue weighted by molar-refractivity contribution is 7.94. The summed E-state index contributed by atoms with van der Waals surface area (Å²) < 4.78 is 33.0. The Morgan fingerprint density at radius 3 is 2.47 bits per heavy atom. The van der Waals surface area contributed by atoms with Gasteiger partial charge in [-0.2, -0.15) is 0 Å². The topological polar surface area (TPSA) is 84.5 Å². The fourth-order valence-electron chi connectivity index (χ4n) is 3.81. The van der Waals surface area contributed by atoms with E-state index in [0.29, 0.717) is 36.0 Å². The molecule has 1 amide bonds. The highest BCUT2D eigenvalue weighted by atomic mass is 35.5. The summed E-state index contributed by atoms with van der Waals surface area (Å²) in [5.74, 6) is -0.217. The zero-order valence-electron chi connectivity index (χ0n) is 17.2. The Kier molecular flexibility index (Phi) is 6.85. The van der Waals surface area contributed by atoms with Crippen molar-refractivity contribution >= 4 is 44.6 Å². The molecule has 3 aromatic rings. The van der Waals surface area contributed by atoms with Gasteiger partial charge in [0.1, 0.15) is 4.21 Å². The highest BCUT2D eigenvalue weighted by Gasteiger charge is 2.35. The SMILES string of the molecule is O=C(NCC1(c2cccc(Cl)c2)CCOCC1)c1ccc(NS(=O)(=O)c2cccs2)cc1. The largest absolute Gasteiger partial charge is 0.381 e. The van der Waals surface area contributed by atoms with Crippen molar-refractivity contribution in [2.24, 2.45) is 0 Å². The van der Waals surface area contributed by atoms with E-state index >= 15 is 0 Å². The first-order valence-electron chi connectivity index (χ1n) is 10.2. The van der Waals surface area contributed by atoms with Crippen LogP contribution in [0.4, 0.5) is 5.69 Å². The lowest BCUT2D eigenvalue weighted by atomic mass is 9.74. The van der Waals surface area contributed by atoms with Crippen LogP contribution in [0.1, 0.15) is 28.8 Å². The van der Waals surface area contributed by atoms with E-state index in [0.717, 1.165) is 29.7 Å². The van der Waals surface area contributed by atoms with Crippen molar-refractivity contribution in [2.75, 3.05) is 24.5 Å². The van der Waals surface area contributed by atoms with Crippen molar-refractivity contribution in [3.8, 4) is 0 Å². The fraction of sp³-hybridized carbons (Fsp3) is 0.261. The van der Waals surface area contributed by atoms with Gasteiger partial charge in [0.05, 0.1) is 0 Å². The number of carbonyl (C=O) groups is 1. The molecule has 9 heteroatoms. The monoisotopic (exact) mass is 490 g/mol. The molecule has 6 nitrogen and oxygen atoms in total. The Hall–Kier alpha value is -2.39. The molecule has 1 aliphatic rings. The van der Waals surface area contributed by atoms with Crippen molar-refractivity contribution in [2.45, 2.75) is 22.5 Å². The van der Waals surface area contributed by atoms with Crippen LogP contribution >= 0.6 is 22.9 Å². The second kappa shape index (κ2) is 9.62. The number of sulfonamides is 1. The first kappa shape index (κ1) is 22.8. The molecule has 2 aromatic carbocycles. The van der Waals surface area contributed by atoms with Gasteiger partial charge in [-0.15, -0.1) is 11.3 Å². The molecule has 32 heavy (non-hydrogen) atoms. The third kappa shape index (κ3) is 5.15. The van der Waals surface area contributed by atoms with Crippen molar-refractivity contribution in [3.63, 3.8) is 0 Å². The van der Waals surface area contributed by atoms with Gasteiger partial charge in [0, 0.05) is 41.4 Å². The number of hydrogen-bond acceptors (Lipinski definition) is 5. The highest BCUT2D eigenvalue weighted by Crippen LogP contribution is 2.35. The third-order valence-corrected chi connectivity index (χ3v) is 8.65. The maximum absolute atomic E-state index is 12.8. The van der Waals surface area contributed by atoms with Gasteiger partial charge in [-0.1, -0.05) is 29.8 Å². The summed E-state index contributed by atoms with van der Waals surface area (Å²) in [6.07, 6.45) is 1.58. The molecule has 2 heterocycles. The molecule has 1 aliphatic heterocycles. The maximum Gasteiger partial charge on any atom is 0.271 e. The Morgan fingerprint density at radius 2 is 1.81 bits per heavy atom. The van der Waals surface area contributed by atoms with Crippen LogP contribution in [-0.2, 0) is 20.2 Å². The zero-order chi connectivity index (χ0) is 22.6. The number of anilines is 1. The summed E-state index contributed by atoms with van der Waals surface area (Å²) in [4.78, 5) is 12.8. The average Bonchev–Trinajstić information content (AvgIpc) is 3.35. The maximum atomic E-state index is 12.8. The minimum Gasteiger partial charge on any atom is -0.381 e. The molecule has 1 fully saturated rings. The first-order chi connectivity index (χ1) is 15.4. The molecule has 0 unspecified atom stereocenters. The molecule has 0 bridgehead atoms. The normalized spacial score (nSPS) is 15.8. The van der Waals surface area contributed by atoms with E-state index < -0.39 is 10.0 Å². The van der Waals surface area contributed by atoms with E-state index in [1.165, 1.54) is 0 Å². The second-order valence-electron chi connectivity index (χ2n) is 7.70. The zero-order valence-corrected chi connectivity index (χ0v) is 19.6. The molecule has 1 saturated heterocycles. The summed E-state index contributed by atoms with van der Waals surface area (Å²) in [7, 11) is -3.62. The van der Waals surface area contributed by atoms with Crippen molar-refractivity contribution in [1.29, 1.82) is 0 Å². The van der Waals surface area contributed by atoms with Crippen molar-refractivity contribution < 1.29 is 17.9 Å². The van der Waals surface area contributed by atoms with E-state index in [1.807, 2.05) is 24.3 Å². The molecule has 0 atom stereocenters. The predicted octanol–water partition coefficient (Wildman–Crippen LogP) is 4.68. The molecular formula is C23H23ClN2O4S2. The van der Waals surface area contributed by atoms with Gasteiger partial charge in [0.25, 0.3) is 15.9 Å². The average molecular weight is 491 g/mol. The lowest BCUT2D eigenvalue weighted by molar-refractivity contribution is 0.0487. The van der Waals surface area contributed by atoms with E-state index in [2.05, 4.69) is 10.0 Å². The molecule has 0 aliphatic carbocycles. The molecule has 0 radical (unpaired) electrons. The van der Waals surface area contributed by atoms with Gasteiger partial charge in [-0.05, 0) is 66.2 Å². The van der Waals surface area contributed by atoms with Gasteiger partial charge >= 0.3 is 0 Å². The number of carbonyl (C=O) groups excluding carboxylic acids is 1. The molecule has 0 spiro atoms. The molecule has 1 aromatic heterocycles. The number of benzene rings is 2. The van der Waals surface area contributed by atoms with E-state index in [9.17, 15) is 13.2 Å². The number of ether oxygens (including phenoxy) is 1. The van der Waals surface area contributed by atoms with Crippen LogP contribution in [0.3, 0.4) is 0 Å². The molecule has 2 N–H and O–H groups in total. The number of thiophene rings is 1.